The summed E-state index contributed by atoms with van der Waals surface area (Å²) in [5, 5.41) is 8.34. The molecule has 0 atom stereocenters. The number of esters is 1. The van der Waals surface area contributed by atoms with E-state index in [0.717, 1.165) is 5.01 Å². The van der Waals surface area contributed by atoms with Crippen molar-refractivity contribution in [3.05, 3.63) is 29.3 Å². The fourth-order valence-electron chi connectivity index (χ4n) is 1.25. The van der Waals surface area contributed by atoms with Crippen LogP contribution in [0.25, 0.3) is 0 Å². The minimum absolute atomic E-state index is 0.0773. The van der Waals surface area contributed by atoms with E-state index >= 15 is 0 Å². The Balaban J connectivity index is 3.22. The molecule has 0 aliphatic rings. The first-order chi connectivity index (χ1) is 9.36. The van der Waals surface area contributed by atoms with Gasteiger partial charge < -0.3 is 10.5 Å². The van der Waals surface area contributed by atoms with Crippen LogP contribution in [0, 0.1) is 0 Å². The molecule has 2 N–H and O–H groups in total. The van der Waals surface area contributed by atoms with Gasteiger partial charge in [-0.25, -0.2) is 9.80 Å². The molecule has 0 aromatic heterocycles. The first kappa shape index (κ1) is 15.3. The van der Waals surface area contributed by atoms with Crippen LogP contribution in [0.3, 0.4) is 0 Å². The monoisotopic (exact) mass is 278 g/mol. The number of methoxy groups -OCH3 is 1. The van der Waals surface area contributed by atoms with E-state index in [0.29, 0.717) is 0 Å². The molecule has 1 aromatic carbocycles. The summed E-state index contributed by atoms with van der Waals surface area (Å²) in [5.41, 5.74) is 5.55. The first-order valence-electron chi connectivity index (χ1n) is 5.55. The van der Waals surface area contributed by atoms with Gasteiger partial charge in [0.05, 0.1) is 18.2 Å². The summed E-state index contributed by atoms with van der Waals surface area (Å²) < 4.78 is 4.56. The minimum Gasteiger partial charge on any atom is -0.465 e. The molecule has 1 aromatic rings. The molecule has 0 aliphatic carbocycles. The maximum Gasteiger partial charge on any atom is 0.337 e. The summed E-state index contributed by atoms with van der Waals surface area (Å²) >= 11 is 0. The SMILES string of the molecule is COC(=O)c1ccc(C(N)=O)c(N=NN(C)C(C)=O)c1. The second-order valence-electron chi connectivity index (χ2n) is 3.82. The van der Waals surface area contributed by atoms with E-state index in [1.807, 2.05) is 0 Å². The molecule has 2 amide bonds. The summed E-state index contributed by atoms with van der Waals surface area (Å²) in [6.07, 6.45) is 0. The molecular formula is C12H14N4O4. The van der Waals surface area contributed by atoms with E-state index < -0.39 is 11.9 Å². The van der Waals surface area contributed by atoms with Crippen molar-refractivity contribution in [3.8, 4) is 0 Å². The van der Waals surface area contributed by atoms with Crippen molar-refractivity contribution in [1.82, 2.24) is 5.01 Å². The Labute approximate surface area is 115 Å². The van der Waals surface area contributed by atoms with Crippen LogP contribution in [0.1, 0.15) is 27.6 Å². The van der Waals surface area contributed by atoms with E-state index in [9.17, 15) is 14.4 Å². The van der Waals surface area contributed by atoms with E-state index in [1.54, 1.807) is 0 Å². The number of rotatable bonds is 4. The summed E-state index contributed by atoms with van der Waals surface area (Å²) in [7, 11) is 2.63. The van der Waals surface area contributed by atoms with Crippen molar-refractivity contribution >= 4 is 23.5 Å². The number of nitrogens with zero attached hydrogens (tertiary/aromatic N) is 3. The summed E-state index contributed by atoms with van der Waals surface area (Å²) in [6, 6.07) is 4.04. The van der Waals surface area contributed by atoms with Crippen LogP contribution < -0.4 is 5.73 Å². The van der Waals surface area contributed by atoms with Gasteiger partial charge in [-0.3, -0.25) is 9.59 Å². The van der Waals surface area contributed by atoms with Crippen molar-refractivity contribution in [3.63, 3.8) is 0 Å². The van der Waals surface area contributed by atoms with Crippen LogP contribution in [-0.2, 0) is 9.53 Å². The summed E-state index contributed by atoms with van der Waals surface area (Å²) in [4.78, 5) is 33.7. The molecule has 0 bridgehead atoms. The number of hydrogen-bond acceptors (Lipinski definition) is 6. The van der Waals surface area contributed by atoms with Crippen LogP contribution in [0.5, 0.6) is 0 Å². The smallest absolute Gasteiger partial charge is 0.337 e. The lowest BCUT2D eigenvalue weighted by Crippen LogP contribution is -2.16. The van der Waals surface area contributed by atoms with Gasteiger partial charge in [-0.15, -0.1) is 5.11 Å². The van der Waals surface area contributed by atoms with Gasteiger partial charge in [0.2, 0.25) is 5.91 Å². The van der Waals surface area contributed by atoms with Gasteiger partial charge in [-0.2, -0.15) is 0 Å². The lowest BCUT2D eigenvalue weighted by Gasteiger charge is -2.07. The highest BCUT2D eigenvalue weighted by Gasteiger charge is 2.13. The zero-order valence-electron chi connectivity index (χ0n) is 11.3. The van der Waals surface area contributed by atoms with Crippen molar-refractivity contribution in [2.75, 3.05) is 14.2 Å². The quantitative estimate of drug-likeness (QED) is 0.503. The van der Waals surface area contributed by atoms with Crippen LogP contribution >= 0.6 is 0 Å². The topological polar surface area (TPSA) is 114 Å². The zero-order chi connectivity index (χ0) is 15.3. The number of carbonyl (C=O) groups is 3. The summed E-state index contributed by atoms with van der Waals surface area (Å²) in [5.74, 6) is -1.64. The summed E-state index contributed by atoms with van der Waals surface area (Å²) in [6.45, 7) is 1.30. The maximum absolute atomic E-state index is 11.4. The number of amides is 2. The highest BCUT2D eigenvalue weighted by molar-refractivity contribution is 6.00. The third-order valence-corrected chi connectivity index (χ3v) is 2.43. The standard InChI is InChI=1S/C12H14N4O4/c1-7(17)16(2)15-14-10-6-8(12(19)20-3)4-5-9(10)11(13)18/h4-6H,1-3H3,(H2,13,18). The third kappa shape index (κ3) is 3.61. The number of hydrogen-bond donors (Lipinski definition) is 1. The van der Waals surface area contributed by atoms with Gasteiger partial charge in [0.25, 0.3) is 5.91 Å². The Morgan fingerprint density at radius 3 is 2.45 bits per heavy atom. The Morgan fingerprint density at radius 2 is 1.95 bits per heavy atom. The van der Waals surface area contributed by atoms with Gasteiger partial charge in [-0.1, -0.05) is 5.22 Å². The van der Waals surface area contributed by atoms with E-state index in [2.05, 4.69) is 15.1 Å². The molecule has 20 heavy (non-hydrogen) atoms. The average Bonchev–Trinajstić information content (AvgIpc) is 2.43. The van der Waals surface area contributed by atoms with E-state index in [1.165, 1.54) is 39.3 Å². The predicted octanol–water partition coefficient (Wildman–Crippen LogP) is 1.05. The molecule has 0 spiro atoms. The fraction of sp³-hybridized carbons (Fsp3) is 0.250. The number of benzene rings is 1. The highest BCUT2D eigenvalue weighted by Crippen LogP contribution is 2.22. The minimum atomic E-state index is -0.721. The molecular weight excluding hydrogens is 264 g/mol. The number of primary amides is 1. The highest BCUT2D eigenvalue weighted by atomic mass is 16.5. The van der Waals surface area contributed by atoms with Gasteiger partial charge in [-0.05, 0) is 18.2 Å². The van der Waals surface area contributed by atoms with Crippen molar-refractivity contribution < 1.29 is 19.1 Å². The molecule has 0 radical (unpaired) electrons. The molecule has 0 heterocycles. The lowest BCUT2D eigenvalue weighted by molar-refractivity contribution is -0.127. The van der Waals surface area contributed by atoms with E-state index in [-0.39, 0.29) is 22.7 Å². The molecule has 1 rings (SSSR count). The van der Waals surface area contributed by atoms with Crippen LogP contribution in [0.2, 0.25) is 0 Å². The lowest BCUT2D eigenvalue weighted by atomic mass is 10.1. The number of nitrogens with two attached hydrogens (primary N) is 1. The molecule has 8 nitrogen and oxygen atoms in total. The Hall–Kier alpha value is -2.77. The van der Waals surface area contributed by atoms with Crippen molar-refractivity contribution in [2.45, 2.75) is 6.92 Å². The fourth-order valence-corrected chi connectivity index (χ4v) is 1.25. The van der Waals surface area contributed by atoms with Crippen molar-refractivity contribution in [1.29, 1.82) is 0 Å². The zero-order valence-corrected chi connectivity index (χ0v) is 11.3. The van der Waals surface area contributed by atoms with Crippen molar-refractivity contribution in [2.24, 2.45) is 16.1 Å². The Bertz CT molecular complexity index is 583. The largest absolute Gasteiger partial charge is 0.465 e. The molecule has 0 saturated heterocycles. The number of ether oxygens (including phenoxy) is 1. The molecule has 0 fully saturated rings. The molecule has 106 valence electrons. The maximum atomic E-state index is 11.4. The van der Waals surface area contributed by atoms with Gasteiger partial charge in [0.15, 0.2) is 0 Å². The molecule has 0 aliphatic heterocycles. The van der Waals surface area contributed by atoms with Crippen LogP contribution in [-0.4, -0.2) is 37.0 Å². The molecule has 0 unspecified atom stereocenters. The van der Waals surface area contributed by atoms with Crippen LogP contribution in [0.15, 0.2) is 28.5 Å². The second-order valence-corrected chi connectivity index (χ2v) is 3.82. The molecule has 0 saturated carbocycles. The molecule has 8 heteroatoms. The average molecular weight is 278 g/mol. The predicted molar refractivity (Wildman–Crippen MR) is 69.3 cm³/mol. The third-order valence-electron chi connectivity index (χ3n) is 2.43. The van der Waals surface area contributed by atoms with Gasteiger partial charge >= 0.3 is 5.97 Å². The Kier molecular flexibility index (Phi) is 4.90. The normalized spacial score (nSPS) is 10.3. The first-order valence-corrected chi connectivity index (χ1v) is 5.55. The Morgan fingerprint density at radius 1 is 1.30 bits per heavy atom. The number of carbonyl (C=O) groups excluding carboxylic acids is 3. The van der Waals surface area contributed by atoms with Crippen LogP contribution in [0.4, 0.5) is 5.69 Å². The van der Waals surface area contributed by atoms with E-state index in [4.69, 9.17) is 5.73 Å². The van der Waals surface area contributed by atoms with Gasteiger partial charge in [0.1, 0.15) is 5.69 Å². The van der Waals surface area contributed by atoms with Gasteiger partial charge in [0, 0.05) is 14.0 Å². The second kappa shape index (κ2) is 6.41.